The SMILES string of the molecule is CN(C(=O)OC(C)(C)C)c1ncccc1[C@H]1CCCN1. The maximum absolute atomic E-state index is 12.2. The van der Waals surface area contributed by atoms with Gasteiger partial charge in [-0.15, -0.1) is 0 Å². The van der Waals surface area contributed by atoms with Crippen molar-refractivity contribution in [2.75, 3.05) is 18.5 Å². The minimum Gasteiger partial charge on any atom is -0.443 e. The highest BCUT2D eigenvalue weighted by atomic mass is 16.6. The number of nitrogens with one attached hydrogen (secondary N) is 1. The number of hydrogen-bond acceptors (Lipinski definition) is 4. The maximum atomic E-state index is 12.2. The molecule has 1 atom stereocenters. The van der Waals surface area contributed by atoms with Crippen LogP contribution < -0.4 is 10.2 Å². The van der Waals surface area contributed by atoms with Gasteiger partial charge in [-0.2, -0.15) is 0 Å². The molecule has 1 N–H and O–H groups in total. The lowest BCUT2D eigenvalue weighted by Gasteiger charge is -2.26. The Morgan fingerprint density at radius 1 is 1.50 bits per heavy atom. The molecule has 0 aromatic carbocycles. The number of rotatable bonds is 2. The van der Waals surface area contributed by atoms with Crippen molar-refractivity contribution in [1.29, 1.82) is 0 Å². The molecule has 20 heavy (non-hydrogen) atoms. The summed E-state index contributed by atoms with van der Waals surface area (Å²) < 4.78 is 5.40. The van der Waals surface area contributed by atoms with E-state index in [9.17, 15) is 4.79 Å². The topological polar surface area (TPSA) is 54.5 Å². The van der Waals surface area contributed by atoms with Crippen LogP contribution in [0, 0.1) is 0 Å². The number of anilines is 1. The van der Waals surface area contributed by atoms with Gasteiger partial charge >= 0.3 is 6.09 Å². The molecule has 2 rings (SSSR count). The van der Waals surface area contributed by atoms with Crippen molar-refractivity contribution < 1.29 is 9.53 Å². The van der Waals surface area contributed by atoms with Gasteiger partial charge in [-0.05, 0) is 46.2 Å². The molecule has 1 fully saturated rings. The van der Waals surface area contributed by atoms with Crippen LogP contribution in [-0.2, 0) is 4.74 Å². The Kier molecular flexibility index (Phi) is 4.28. The summed E-state index contributed by atoms with van der Waals surface area (Å²) in [6.45, 7) is 6.58. The number of aromatic nitrogens is 1. The molecule has 1 aliphatic rings. The zero-order valence-corrected chi connectivity index (χ0v) is 12.6. The van der Waals surface area contributed by atoms with Crippen LogP contribution in [0.15, 0.2) is 18.3 Å². The number of pyridine rings is 1. The van der Waals surface area contributed by atoms with Crippen LogP contribution in [0.4, 0.5) is 10.6 Å². The normalized spacial score (nSPS) is 18.9. The van der Waals surface area contributed by atoms with Crippen molar-refractivity contribution >= 4 is 11.9 Å². The summed E-state index contributed by atoms with van der Waals surface area (Å²) in [4.78, 5) is 18.0. The molecule has 1 aromatic rings. The molecular formula is C15H23N3O2. The Morgan fingerprint density at radius 3 is 2.85 bits per heavy atom. The molecule has 0 bridgehead atoms. The molecule has 0 aliphatic carbocycles. The van der Waals surface area contributed by atoms with Gasteiger partial charge in [0.25, 0.3) is 0 Å². The Bertz CT molecular complexity index is 476. The predicted molar refractivity (Wildman–Crippen MR) is 78.9 cm³/mol. The first-order valence-electron chi connectivity index (χ1n) is 7.03. The monoisotopic (exact) mass is 277 g/mol. The van der Waals surface area contributed by atoms with Crippen LogP contribution in [0.2, 0.25) is 0 Å². The van der Waals surface area contributed by atoms with E-state index in [2.05, 4.69) is 10.3 Å². The average Bonchev–Trinajstić information content (AvgIpc) is 2.89. The highest BCUT2D eigenvalue weighted by molar-refractivity contribution is 5.87. The summed E-state index contributed by atoms with van der Waals surface area (Å²) in [5.74, 6) is 0.668. The number of nitrogens with zero attached hydrogens (tertiary/aromatic N) is 2. The first-order valence-corrected chi connectivity index (χ1v) is 7.03. The molecule has 5 heteroatoms. The van der Waals surface area contributed by atoms with Crippen molar-refractivity contribution in [3.8, 4) is 0 Å². The summed E-state index contributed by atoms with van der Waals surface area (Å²) in [5, 5.41) is 3.44. The van der Waals surface area contributed by atoms with E-state index in [1.165, 1.54) is 4.90 Å². The zero-order valence-electron chi connectivity index (χ0n) is 12.6. The third-order valence-corrected chi connectivity index (χ3v) is 3.24. The van der Waals surface area contributed by atoms with E-state index in [1.54, 1.807) is 13.2 Å². The lowest BCUT2D eigenvalue weighted by molar-refractivity contribution is 0.0588. The van der Waals surface area contributed by atoms with E-state index in [4.69, 9.17) is 4.74 Å². The van der Waals surface area contributed by atoms with Crippen molar-refractivity contribution in [3.63, 3.8) is 0 Å². The Morgan fingerprint density at radius 2 is 2.25 bits per heavy atom. The number of hydrogen-bond donors (Lipinski definition) is 1. The van der Waals surface area contributed by atoms with Gasteiger partial charge in [-0.3, -0.25) is 4.90 Å². The van der Waals surface area contributed by atoms with Gasteiger partial charge in [0.15, 0.2) is 0 Å². The van der Waals surface area contributed by atoms with E-state index in [0.717, 1.165) is 24.9 Å². The summed E-state index contributed by atoms with van der Waals surface area (Å²) in [5.41, 5.74) is 0.546. The predicted octanol–water partition coefficient (Wildman–Crippen LogP) is 2.88. The smallest absolute Gasteiger partial charge is 0.415 e. The molecule has 5 nitrogen and oxygen atoms in total. The van der Waals surface area contributed by atoms with Crippen LogP contribution in [-0.4, -0.2) is 30.3 Å². The van der Waals surface area contributed by atoms with Gasteiger partial charge < -0.3 is 10.1 Å². The van der Waals surface area contributed by atoms with Gasteiger partial charge in [-0.1, -0.05) is 6.07 Å². The fourth-order valence-electron chi connectivity index (χ4n) is 2.33. The van der Waals surface area contributed by atoms with Gasteiger partial charge in [0, 0.05) is 24.8 Å². The average molecular weight is 277 g/mol. The van der Waals surface area contributed by atoms with Crippen LogP contribution >= 0.6 is 0 Å². The summed E-state index contributed by atoms with van der Waals surface area (Å²) in [6, 6.07) is 4.19. The first-order chi connectivity index (χ1) is 9.38. The minimum absolute atomic E-state index is 0.267. The fourth-order valence-corrected chi connectivity index (χ4v) is 2.33. The van der Waals surface area contributed by atoms with Crippen molar-refractivity contribution in [1.82, 2.24) is 10.3 Å². The molecule has 0 radical (unpaired) electrons. The third kappa shape index (κ3) is 3.48. The minimum atomic E-state index is -0.508. The maximum Gasteiger partial charge on any atom is 0.415 e. The standard InChI is InChI=1S/C15H23N3O2/c1-15(2,3)20-14(19)18(4)13-11(7-5-10-17-13)12-8-6-9-16-12/h5,7,10,12,16H,6,8-9H2,1-4H3/t12-/m1/s1. The van der Waals surface area contributed by atoms with Crippen LogP contribution in [0.25, 0.3) is 0 Å². The van der Waals surface area contributed by atoms with E-state index >= 15 is 0 Å². The number of carbonyl (C=O) groups is 1. The third-order valence-electron chi connectivity index (χ3n) is 3.24. The summed E-state index contributed by atoms with van der Waals surface area (Å²) >= 11 is 0. The van der Waals surface area contributed by atoms with Crippen LogP contribution in [0.3, 0.4) is 0 Å². The lowest BCUT2D eigenvalue weighted by Crippen LogP contribution is -2.35. The first kappa shape index (κ1) is 14.8. The highest BCUT2D eigenvalue weighted by Gasteiger charge is 2.26. The zero-order chi connectivity index (χ0) is 14.8. The molecule has 0 saturated carbocycles. The van der Waals surface area contributed by atoms with Gasteiger partial charge in [0.05, 0.1) is 0 Å². The molecule has 110 valence electrons. The summed E-state index contributed by atoms with van der Waals surface area (Å²) in [6.07, 6.45) is 3.54. The van der Waals surface area contributed by atoms with Crippen LogP contribution in [0.1, 0.15) is 45.2 Å². The number of carbonyl (C=O) groups excluding carboxylic acids is 1. The van der Waals surface area contributed by atoms with Gasteiger partial charge in [0.2, 0.25) is 0 Å². The molecule has 1 aromatic heterocycles. The highest BCUT2D eigenvalue weighted by Crippen LogP contribution is 2.29. The molecule has 1 aliphatic heterocycles. The van der Waals surface area contributed by atoms with Gasteiger partial charge in [-0.25, -0.2) is 9.78 Å². The summed E-state index contributed by atoms with van der Waals surface area (Å²) in [7, 11) is 1.70. The van der Waals surface area contributed by atoms with E-state index in [1.807, 2.05) is 32.9 Å². The molecule has 1 amide bonds. The van der Waals surface area contributed by atoms with E-state index in [-0.39, 0.29) is 12.1 Å². The van der Waals surface area contributed by atoms with Crippen molar-refractivity contribution in [2.24, 2.45) is 0 Å². The fraction of sp³-hybridized carbons (Fsp3) is 0.600. The van der Waals surface area contributed by atoms with E-state index < -0.39 is 5.60 Å². The Labute approximate surface area is 120 Å². The number of amides is 1. The largest absolute Gasteiger partial charge is 0.443 e. The molecule has 0 spiro atoms. The Hall–Kier alpha value is -1.62. The quantitative estimate of drug-likeness (QED) is 0.903. The molecule has 2 heterocycles. The van der Waals surface area contributed by atoms with Gasteiger partial charge in [0.1, 0.15) is 11.4 Å². The second-order valence-electron chi connectivity index (χ2n) is 6.10. The molecular weight excluding hydrogens is 254 g/mol. The number of ether oxygens (including phenoxy) is 1. The second kappa shape index (κ2) is 5.79. The second-order valence-corrected chi connectivity index (χ2v) is 6.10. The molecule has 1 saturated heterocycles. The molecule has 0 unspecified atom stereocenters. The van der Waals surface area contributed by atoms with Crippen molar-refractivity contribution in [2.45, 2.75) is 45.3 Å². The van der Waals surface area contributed by atoms with E-state index in [0.29, 0.717) is 5.82 Å². The van der Waals surface area contributed by atoms with Crippen LogP contribution in [0.5, 0.6) is 0 Å². The Balaban J connectivity index is 2.21. The lowest BCUT2D eigenvalue weighted by atomic mass is 10.1. The van der Waals surface area contributed by atoms with Crippen molar-refractivity contribution in [3.05, 3.63) is 23.9 Å².